The number of Topliss-reactive ketones (excluding diaryl/α,β-unsaturated/α-hetero) is 1. The number of pyridine rings is 1. The number of carboxylic acid groups (broad SMARTS) is 1. The average Bonchev–Trinajstić information content (AvgIpc) is 3.20. The fourth-order valence-corrected chi connectivity index (χ4v) is 4.73. The maximum Gasteiger partial charge on any atom is 0.304 e. The van der Waals surface area contributed by atoms with E-state index in [2.05, 4.69) is 21.2 Å². The highest BCUT2D eigenvalue weighted by Gasteiger charge is 2.27. The van der Waals surface area contributed by atoms with Crippen LogP contribution in [-0.4, -0.2) is 27.8 Å². The molecule has 0 fully saturated rings. The molecule has 190 valence electrons. The summed E-state index contributed by atoms with van der Waals surface area (Å²) < 4.78 is 6.68. The van der Waals surface area contributed by atoms with Crippen LogP contribution in [0.5, 0.6) is 0 Å². The molecular weight excluding hydrogens is 583 g/mol. The Balaban J connectivity index is 1.98. The van der Waals surface area contributed by atoms with Crippen LogP contribution in [0.1, 0.15) is 37.2 Å². The molecule has 0 aliphatic rings. The molecule has 2 N–H and O–H groups in total. The van der Waals surface area contributed by atoms with E-state index in [1.165, 1.54) is 6.92 Å². The van der Waals surface area contributed by atoms with Crippen molar-refractivity contribution in [3.63, 3.8) is 0 Å². The third-order valence-electron chi connectivity index (χ3n) is 5.78. The van der Waals surface area contributed by atoms with E-state index in [4.69, 9.17) is 37.7 Å². The lowest BCUT2D eigenvalue weighted by molar-refractivity contribution is -0.139. The van der Waals surface area contributed by atoms with E-state index in [0.29, 0.717) is 32.3 Å². The number of aromatic nitrogens is 1. The van der Waals surface area contributed by atoms with Crippen molar-refractivity contribution in [1.82, 2.24) is 4.98 Å². The second-order valence-corrected chi connectivity index (χ2v) is 10.2. The normalized spacial score (nSPS) is 11.9. The molecule has 0 saturated heterocycles. The van der Waals surface area contributed by atoms with Crippen LogP contribution in [0.15, 0.2) is 57.4 Å². The van der Waals surface area contributed by atoms with Crippen molar-refractivity contribution in [2.45, 2.75) is 26.7 Å². The predicted molar refractivity (Wildman–Crippen MR) is 147 cm³/mol. The average molecular weight is 604 g/mol. The van der Waals surface area contributed by atoms with Crippen LogP contribution in [0.3, 0.4) is 0 Å². The van der Waals surface area contributed by atoms with Gasteiger partial charge in [0.1, 0.15) is 5.69 Å². The summed E-state index contributed by atoms with van der Waals surface area (Å²) >= 11 is 16.1. The number of benzene rings is 2. The predicted octanol–water partition coefficient (Wildman–Crippen LogP) is 7.87. The minimum absolute atomic E-state index is 0.0537. The van der Waals surface area contributed by atoms with Gasteiger partial charge in [0.05, 0.1) is 22.5 Å². The number of halogens is 3. The number of aliphatic carboxylic acids is 1. The molecule has 2 aromatic heterocycles. The number of carbonyl (C=O) groups excluding carboxylic acids is 2. The first kappa shape index (κ1) is 26.9. The van der Waals surface area contributed by atoms with E-state index >= 15 is 0 Å². The number of ketones is 1. The van der Waals surface area contributed by atoms with Gasteiger partial charge in [0.25, 0.3) is 0 Å². The Morgan fingerprint density at radius 1 is 1.08 bits per heavy atom. The molecule has 10 heteroatoms. The summed E-state index contributed by atoms with van der Waals surface area (Å²) in [6.45, 7) is 3.17. The molecule has 0 spiro atoms. The molecule has 37 heavy (non-hydrogen) atoms. The van der Waals surface area contributed by atoms with E-state index < -0.39 is 17.8 Å². The Morgan fingerprint density at radius 2 is 1.78 bits per heavy atom. The molecule has 2 aromatic carbocycles. The van der Waals surface area contributed by atoms with Crippen LogP contribution in [0, 0.1) is 5.92 Å². The first-order valence-corrected chi connectivity index (χ1v) is 12.9. The Kier molecular flexibility index (Phi) is 8.02. The summed E-state index contributed by atoms with van der Waals surface area (Å²) in [6.07, 6.45) is -0.234. The number of nitrogens with zero attached hydrogens (tertiary/aromatic N) is 1. The van der Waals surface area contributed by atoms with Gasteiger partial charge in [-0.3, -0.25) is 14.4 Å². The monoisotopic (exact) mass is 602 g/mol. The first-order valence-electron chi connectivity index (χ1n) is 11.3. The van der Waals surface area contributed by atoms with E-state index in [9.17, 15) is 14.4 Å². The molecule has 0 aliphatic heterocycles. The molecule has 1 amide bonds. The van der Waals surface area contributed by atoms with Crippen LogP contribution >= 0.6 is 39.1 Å². The molecule has 4 rings (SSSR count). The molecule has 4 aromatic rings. The summed E-state index contributed by atoms with van der Waals surface area (Å²) in [6, 6.07) is 14.3. The van der Waals surface area contributed by atoms with E-state index in [1.807, 2.05) is 24.3 Å². The quantitative estimate of drug-likeness (QED) is 0.198. The number of fused-ring (bicyclic) bond motifs is 1. The van der Waals surface area contributed by atoms with Gasteiger partial charge in [-0.2, -0.15) is 0 Å². The smallest absolute Gasteiger partial charge is 0.304 e. The SMILES string of the molecule is CCC(=O)c1oc2nc(-c3ccc(Br)cc3Cl)c(-c3ccc(Cl)cc3)cc2c1NC(=O)C(C)CC(=O)O. The van der Waals surface area contributed by atoms with Crippen molar-refractivity contribution in [2.24, 2.45) is 5.92 Å². The van der Waals surface area contributed by atoms with Crippen LogP contribution in [0.4, 0.5) is 5.69 Å². The van der Waals surface area contributed by atoms with Crippen molar-refractivity contribution in [3.05, 3.63) is 68.8 Å². The highest BCUT2D eigenvalue weighted by molar-refractivity contribution is 9.10. The third-order valence-corrected chi connectivity index (χ3v) is 6.83. The van der Waals surface area contributed by atoms with Gasteiger partial charge in [-0.05, 0) is 35.9 Å². The van der Waals surface area contributed by atoms with Crippen molar-refractivity contribution >= 4 is 73.6 Å². The van der Waals surface area contributed by atoms with Crippen molar-refractivity contribution in [3.8, 4) is 22.4 Å². The lowest BCUT2D eigenvalue weighted by Gasteiger charge is -2.13. The summed E-state index contributed by atoms with van der Waals surface area (Å²) in [7, 11) is 0. The number of rotatable bonds is 8. The largest absolute Gasteiger partial charge is 0.481 e. The number of carboxylic acids is 1. The summed E-state index contributed by atoms with van der Waals surface area (Å²) in [5.74, 6) is -2.88. The van der Waals surface area contributed by atoms with Gasteiger partial charge in [-0.15, -0.1) is 0 Å². The van der Waals surface area contributed by atoms with Crippen molar-refractivity contribution in [2.75, 3.05) is 5.32 Å². The van der Waals surface area contributed by atoms with E-state index in [0.717, 1.165) is 10.0 Å². The molecule has 0 bridgehead atoms. The van der Waals surface area contributed by atoms with Crippen LogP contribution in [0.25, 0.3) is 33.5 Å². The fourth-order valence-electron chi connectivity index (χ4n) is 3.84. The minimum Gasteiger partial charge on any atom is -0.481 e. The number of carbonyl (C=O) groups is 3. The van der Waals surface area contributed by atoms with E-state index in [-0.39, 0.29) is 35.8 Å². The zero-order chi connectivity index (χ0) is 26.9. The molecule has 0 aliphatic carbocycles. The second kappa shape index (κ2) is 11.0. The summed E-state index contributed by atoms with van der Waals surface area (Å²) in [4.78, 5) is 41.4. The Bertz CT molecular complexity index is 1530. The molecule has 1 unspecified atom stereocenters. The Morgan fingerprint density at radius 3 is 2.41 bits per heavy atom. The highest BCUT2D eigenvalue weighted by Crippen LogP contribution is 2.41. The zero-order valence-electron chi connectivity index (χ0n) is 19.8. The highest BCUT2D eigenvalue weighted by atomic mass is 79.9. The fraction of sp³-hybridized carbons (Fsp3) is 0.185. The molecule has 0 radical (unpaired) electrons. The zero-order valence-corrected chi connectivity index (χ0v) is 22.9. The van der Waals surface area contributed by atoms with Crippen LogP contribution < -0.4 is 5.32 Å². The Labute approximate surface area is 230 Å². The standard InChI is InChI=1S/C27H21BrCl2N2O5/c1-3-21(33)25-24(31-26(36)13(2)10-22(34)35)19-12-18(14-4-7-16(29)8-5-14)23(32-27(19)37-25)17-9-6-15(28)11-20(17)30/h4-9,11-13H,3,10H2,1-2H3,(H,31,36)(H,34,35). The van der Waals surface area contributed by atoms with Gasteiger partial charge >= 0.3 is 5.97 Å². The van der Waals surface area contributed by atoms with Gasteiger partial charge in [0.2, 0.25) is 11.6 Å². The Hall–Kier alpha value is -3.20. The van der Waals surface area contributed by atoms with Crippen LogP contribution in [0.2, 0.25) is 10.0 Å². The van der Waals surface area contributed by atoms with Gasteiger partial charge in [0.15, 0.2) is 11.5 Å². The number of hydrogen-bond acceptors (Lipinski definition) is 5. The molecule has 2 heterocycles. The molecule has 0 saturated carbocycles. The number of nitrogens with one attached hydrogen (secondary N) is 1. The van der Waals surface area contributed by atoms with Gasteiger partial charge in [-0.25, -0.2) is 4.98 Å². The molecular formula is C27H21BrCl2N2O5. The third kappa shape index (κ3) is 5.71. The topological polar surface area (TPSA) is 110 Å². The van der Waals surface area contributed by atoms with Crippen LogP contribution in [-0.2, 0) is 9.59 Å². The maximum atomic E-state index is 12.8. The van der Waals surface area contributed by atoms with E-state index in [1.54, 1.807) is 31.2 Å². The van der Waals surface area contributed by atoms with Crippen molar-refractivity contribution in [1.29, 1.82) is 0 Å². The first-order chi connectivity index (χ1) is 17.6. The second-order valence-electron chi connectivity index (χ2n) is 8.44. The molecule has 7 nitrogen and oxygen atoms in total. The number of furan rings is 1. The summed E-state index contributed by atoms with van der Waals surface area (Å²) in [5, 5.41) is 13.2. The number of hydrogen-bond donors (Lipinski definition) is 2. The number of anilines is 1. The molecule has 1 atom stereocenters. The van der Waals surface area contributed by atoms with Gasteiger partial charge < -0.3 is 14.8 Å². The van der Waals surface area contributed by atoms with Gasteiger partial charge in [-0.1, -0.05) is 71.2 Å². The summed E-state index contributed by atoms with van der Waals surface area (Å²) in [5.41, 5.74) is 2.86. The lowest BCUT2D eigenvalue weighted by atomic mass is 9.98. The minimum atomic E-state index is -1.10. The lowest BCUT2D eigenvalue weighted by Crippen LogP contribution is -2.23. The number of amides is 1. The van der Waals surface area contributed by atoms with Crippen molar-refractivity contribution < 1.29 is 23.9 Å². The maximum absolute atomic E-state index is 12.8. The van der Waals surface area contributed by atoms with Gasteiger partial charge in [0, 0.05) is 33.0 Å².